The van der Waals surface area contributed by atoms with Gasteiger partial charge in [0.2, 0.25) is 5.91 Å². The lowest BCUT2D eigenvalue weighted by atomic mass is 9.89. The molecule has 0 unspecified atom stereocenters. The monoisotopic (exact) mass is 463 g/mol. The molecule has 2 amide bonds. The molecular weight excluding hydrogens is 430 g/mol. The first-order valence-electron chi connectivity index (χ1n) is 11.5. The number of para-hydroxylation sites is 2. The Morgan fingerprint density at radius 2 is 1.69 bits per heavy atom. The molecular formula is C22H33N5O4S. The Labute approximate surface area is 190 Å². The van der Waals surface area contributed by atoms with Crippen molar-refractivity contribution in [3.63, 3.8) is 0 Å². The van der Waals surface area contributed by atoms with Crippen molar-refractivity contribution in [3.8, 4) is 0 Å². The first-order chi connectivity index (χ1) is 15.3. The van der Waals surface area contributed by atoms with Crippen LogP contribution in [0.2, 0.25) is 0 Å². The van der Waals surface area contributed by atoms with Crippen LogP contribution < -0.4 is 10.2 Å². The van der Waals surface area contributed by atoms with E-state index in [0.29, 0.717) is 57.8 Å². The minimum atomic E-state index is -3.47. The van der Waals surface area contributed by atoms with Crippen LogP contribution in [0.4, 0.5) is 11.4 Å². The number of anilines is 2. The standard InChI is InChI=1S/C22H33N5O4S/c1-3-25(4-2)32(30,31)26-15-13-24(14-16-26)17-20(28)27-19-10-6-5-9-18(19)23-21(29)22(27)11-7-8-12-22/h5-6,9-10H,3-4,7-8,11-17H2,1-2H3,(H,23,29). The fraction of sp³-hybridized carbons (Fsp3) is 0.636. The Hall–Kier alpha value is -2.01. The molecule has 32 heavy (non-hydrogen) atoms. The summed E-state index contributed by atoms with van der Waals surface area (Å²) in [6.07, 6.45) is 3.16. The van der Waals surface area contributed by atoms with E-state index in [1.54, 1.807) is 4.90 Å². The average Bonchev–Trinajstić information content (AvgIpc) is 3.26. The van der Waals surface area contributed by atoms with E-state index < -0.39 is 15.7 Å². The predicted octanol–water partition coefficient (Wildman–Crippen LogP) is 1.49. The second kappa shape index (κ2) is 9.09. The van der Waals surface area contributed by atoms with Crippen molar-refractivity contribution >= 4 is 33.4 Å². The highest BCUT2D eigenvalue weighted by Gasteiger charge is 2.52. The van der Waals surface area contributed by atoms with Gasteiger partial charge in [0.05, 0.1) is 17.9 Å². The van der Waals surface area contributed by atoms with Gasteiger partial charge in [0.25, 0.3) is 16.1 Å². The van der Waals surface area contributed by atoms with E-state index in [0.717, 1.165) is 18.5 Å². The highest BCUT2D eigenvalue weighted by Crippen LogP contribution is 2.45. The highest BCUT2D eigenvalue weighted by atomic mass is 32.2. The number of fused-ring (bicyclic) bond motifs is 1. The van der Waals surface area contributed by atoms with E-state index in [4.69, 9.17) is 0 Å². The number of nitrogens with one attached hydrogen (secondary N) is 1. The zero-order chi connectivity index (χ0) is 22.9. The fourth-order valence-electron chi connectivity index (χ4n) is 5.22. The third-order valence-electron chi connectivity index (χ3n) is 6.97. The van der Waals surface area contributed by atoms with Gasteiger partial charge >= 0.3 is 0 Å². The highest BCUT2D eigenvalue weighted by molar-refractivity contribution is 7.86. The summed E-state index contributed by atoms with van der Waals surface area (Å²) in [6, 6.07) is 7.45. The molecule has 3 aliphatic rings. The molecule has 0 bridgehead atoms. The lowest BCUT2D eigenvalue weighted by Crippen LogP contribution is -2.63. The van der Waals surface area contributed by atoms with E-state index in [1.807, 2.05) is 43.0 Å². The maximum Gasteiger partial charge on any atom is 0.282 e. The van der Waals surface area contributed by atoms with Crippen LogP contribution in [-0.4, -0.2) is 85.1 Å². The Bertz CT molecular complexity index is 964. The first kappa shape index (κ1) is 23.2. The van der Waals surface area contributed by atoms with E-state index in [9.17, 15) is 18.0 Å². The number of amides is 2. The minimum Gasteiger partial charge on any atom is -0.322 e. The molecule has 10 heteroatoms. The largest absolute Gasteiger partial charge is 0.322 e. The molecule has 1 saturated heterocycles. The van der Waals surface area contributed by atoms with E-state index in [2.05, 4.69) is 5.32 Å². The smallest absolute Gasteiger partial charge is 0.282 e. The van der Waals surface area contributed by atoms with Crippen molar-refractivity contribution in [2.75, 3.05) is 56.0 Å². The third kappa shape index (κ3) is 3.93. The Kier molecular flexibility index (Phi) is 6.58. The molecule has 0 atom stereocenters. The molecule has 1 N–H and O–H groups in total. The Morgan fingerprint density at radius 1 is 1.06 bits per heavy atom. The maximum atomic E-state index is 13.6. The number of rotatable bonds is 6. The third-order valence-corrected chi connectivity index (χ3v) is 9.16. The summed E-state index contributed by atoms with van der Waals surface area (Å²) >= 11 is 0. The second-order valence-electron chi connectivity index (χ2n) is 8.71. The molecule has 1 spiro atoms. The van der Waals surface area contributed by atoms with Gasteiger partial charge in [-0.1, -0.05) is 38.8 Å². The van der Waals surface area contributed by atoms with Gasteiger partial charge in [-0.3, -0.25) is 19.4 Å². The molecule has 176 valence electrons. The number of piperazine rings is 1. The van der Waals surface area contributed by atoms with Crippen LogP contribution in [0.3, 0.4) is 0 Å². The van der Waals surface area contributed by atoms with Gasteiger partial charge in [-0.15, -0.1) is 0 Å². The van der Waals surface area contributed by atoms with Crippen molar-refractivity contribution in [1.29, 1.82) is 0 Å². The topological polar surface area (TPSA) is 93.3 Å². The van der Waals surface area contributed by atoms with Crippen LogP contribution in [0.15, 0.2) is 24.3 Å². The molecule has 1 aromatic rings. The summed E-state index contributed by atoms with van der Waals surface area (Å²) in [6.45, 7) is 6.40. The van der Waals surface area contributed by atoms with Crippen LogP contribution in [0.1, 0.15) is 39.5 Å². The van der Waals surface area contributed by atoms with E-state index >= 15 is 0 Å². The summed E-state index contributed by atoms with van der Waals surface area (Å²) in [5.41, 5.74) is 0.597. The fourth-order valence-corrected chi connectivity index (χ4v) is 6.83. The zero-order valence-corrected chi connectivity index (χ0v) is 19.7. The van der Waals surface area contributed by atoms with Crippen molar-refractivity contribution in [3.05, 3.63) is 24.3 Å². The molecule has 2 aliphatic heterocycles. The van der Waals surface area contributed by atoms with Gasteiger partial charge in [-0.05, 0) is 25.0 Å². The number of nitrogens with zero attached hydrogens (tertiary/aromatic N) is 4. The number of benzene rings is 1. The summed E-state index contributed by atoms with van der Waals surface area (Å²) in [4.78, 5) is 30.4. The molecule has 1 aromatic carbocycles. The number of carbonyl (C=O) groups excluding carboxylic acids is 2. The molecule has 0 radical (unpaired) electrons. The van der Waals surface area contributed by atoms with E-state index in [1.165, 1.54) is 8.61 Å². The van der Waals surface area contributed by atoms with Gasteiger partial charge in [0.1, 0.15) is 5.54 Å². The van der Waals surface area contributed by atoms with Crippen molar-refractivity contribution in [2.24, 2.45) is 0 Å². The molecule has 1 saturated carbocycles. The minimum absolute atomic E-state index is 0.0998. The average molecular weight is 464 g/mol. The molecule has 0 aromatic heterocycles. The van der Waals surface area contributed by atoms with Crippen LogP contribution in [0.25, 0.3) is 0 Å². The summed E-state index contributed by atoms with van der Waals surface area (Å²) in [5.74, 6) is -0.202. The van der Waals surface area contributed by atoms with Gasteiger partial charge in [-0.2, -0.15) is 17.0 Å². The Balaban J connectivity index is 1.49. The lowest BCUT2D eigenvalue weighted by molar-refractivity contribution is -0.128. The summed E-state index contributed by atoms with van der Waals surface area (Å²) < 4.78 is 28.5. The van der Waals surface area contributed by atoms with Gasteiger partial charge < -0.3 is 5.32 Å². The normalized spacial score (nSPS) is 21.7. The number of hydrogen-bond donors (Lipinski definition) is 1. The van der Waals surface area contributed by atoms with Crippen LogP contribution in [0, 0.1) is 0 Å². The lowest BCUT2D eigenvalue weighted by Gasteiger charge is -2.45. The SMILES string of the molecule is CCN(CC)S(=O)(=O)N1CCN(CC(=O)N2c3ccccc3NC(=O)C23CCCC3)CC1. The Morgan fingerprint density at radius 3 is 2.31 bits per heavy atom. The summed E-state index contributed by atoms with van der Waals surface area (Å²) in [5, 5.41) is 3.00. The van der Waals surface area contributed by atoms with Crippen LogP contribution >= 0.6 is 0 Å². The first-order valence-corrected chi connectivity index (χ1v) is 12.9. The number of hydrogen-bond acceptors (Lipinski definition) is 5. The molecule has 9 nitrogen and oxygen atoms in total. The van der Waals surface area contributed by atoms with Gasteiger partial charge in [0.15, 0.2) is 0 Å². The van der Waals surface area contributed by atoms with Crippen molar-refractivity contribution in [1.82, 2.24) is 13.5 Å². The predicted molar refractivity (Wildman–Crippen MR) is 124 cm³/mol. The molecule has 2 heterocycles. The van der Waals surface area contributed by atoms with E-state index in [-0.39, 0.29) is 18.4 Å². The second-order valence-corrected chi connectivity index (χ2v) is 10.6. The van der Waals surface area contributed by atoms with Crippen molar-refractivity contribution in [2.45, 2.75) is 45.1 Å². The van der Waals surface area contributed by atoms with Gasteiger partial charge in [0, 0.05) is 39.3 Å². The quantitative estimate of drug-likeness (QED) is 0.690. The summed E-state index contributed by atoms with van der Waals surface area (Å²) in [7, 11) is -3.47. The maximum absolute atomic E-state index is 13.6. The molecule has 2 fully saturated rings. The van der Waals surface area contributed by atoms with Gasteiger partial charge in [-0.25, -0.2) is 0 Å². The number of carbonyl (C=O) groups is 2. The molecule has 4 rings (SSSR count). The van der Waals surface area contributed by atoms with Crippen LogP contribution in [-0.2, 0) is 19.8 Å². The zero-order valence-electron chi connectivity index (χ0n) is 18.9. The molecule has 1 aliphatic carbocycles. The van der Waals surface area contributed by atoms with Crippen molar-refractivity contribution < 1.29 is 18.0 Å². The van der Waals surface area contributed by atoms with Crippen LogP contribution in [0.5, 0.6) is 0 Å².